The van der Waals surface area contributed by atoms with E-state index in [-0.39, 0.29) is 5.56 Å². The fourth-order valence-corrected chi connectivity index (χ4v) is 2.15. The normalized spacial score (nSPS) is 15.6. The minimum Gasteiger partial charge on any atom is -0.367 e. The van der Waals surface area contributed by atoms with Crippen LogP contribution in [0, 0.1) is 0 Å². The Kier molecular flexibility index (Phi) is 2.83. The molecule has 1 rings (SSSR count). The third kappa shape index (κ3) is 1.86. The summed E-state index contributed by atoms with van der Waals surface area (Å²) in [5.41, 5.74) is 10.8. The number of hydrogen-bond acceptors (Lipinski definition) is 4. The van der Waals surface area contributed by atoms with Crippen molar-refractivity contribution in [3.63, 3.8) is 0 Å². The van der Waals surface area contributed by atoms with Crippen LogP contribution in [-0.2, 0) is 19.5 Å². The highest BCUT2D eigenvalue weighted by atomic mass is 32.2. The molecule has 1 aromatic carbocycles. The van der Waals surface area contributed by atoms with Gasteiger partial charge in [0.25, 0.3) is 5.91 Å². The number of amides is 1. The highest BCUT2D eigenvalue weighted by Gasteiger charge is 2.44. The number of hydrogen-bond donors (Lipinski definition) is 2. The quantitative estimate of drug-likeness (QED) is 0.715. The SMILES string of the molecule is CS(=O)(=O)C(N)(C(N)=O)c1ccccc1. The lowest BCUT2D eigenvalue weighted by molar-refractivity contribution is -0.120. The molecule has 0 aliphatic heterocycles. The van der Waals surface area contributed by atoms with E-state index >= 15 is 0 Å². The highest BCUT2D eigenvalue weighted by Crippen LogP contribution is 2.23. The average Bonchev–Trinajstić information content (AvgIpc) is 2.16. The molecule has 1 aromatic rings. The summed E-state index contributed by atoms with van der Waals surface area (Å²) in [6.45, 7) is 0. The van der Waals surface area contributed by atoms with Crippen molar-refractivity contribution in [3.8, 4) is 0 Å². The number of sulfone groups is 1. The molecule has 5 nitrogen and oxygen atoms in total. The Hall–Kier alpha value is -1.40. The van der Waals surface area contributed by atoms with Crippen LogP contribution in [0.1, 0.15) is 5.56 Å². The molecule has 15 heavy (non-hydrogen) atoms. The molecule has 0 aliphatic carbocycles. The van der Waals surface area contributed by atoms with Crippen LogP contribution < -0.4 is 11.5 Å². The third-order valence-electron chi connectivity index (χ3n) is 2.15. The maximum atomic E-state index is 11.5. The van der Waals surface area contributed by atoms with Crippen LogP contribution in [0.25, 0.3) is 0 Å². The second-order valence-electron chi connectivity index (χ2n) is 3.24. The van der Waals surface area contributed by atoms with Gasteiger partial charge in [-0.2, -0.15) is 0 Å². The van der Waals surface area contributed by atoms with Gasteiger partial charge in [-0.3, -0.25) is 4.79 Å². The summed E-state index contributed by atoms with van der Waals surface area (Å²) in [6, 6.07) is 7.76. The smallest absolute Gasteiger partial charge is 0.257 e. The van der Waals surface area contributed by atoms with Gasteiger partial charge in [-0.05, 0) is 5.56 Å². The van der Waals surface area contributed by atoms with Crippen molar-refractivity contribution < 1.29 is 13.2 Å². The zero-order valence-electron chi connectivity index (χ0n) is 8.17. The molecule has 0 spiro atoms. The topological polar surface area (TPSA) is 103 Å². The molecule has 0 heterocycles. The minimum atomic E-state index is -3.81. The lowest BCUT2D eigenvalue weighted by Crippen LogP contribution is -2.54. The van der Waals surface area contributed by atoms with Crippen LogP contribution in [0.3, 0.4) is 0 Å². The molecule has 82 valence electrons. The molecule has 1 unspecified atom stereocenters. The van der Waals surface area contributed by atoms with E-state index in [9.17, 15) is 13.2 Å². The summed E-state index contributed by atoms with van der Waals surface area (Å²) < 4.78 is 22.9. The Morgan fingerprint density at radius 2 is 1.73 bits per heavy atom. The lowest BCUT2D eigenvalue weighted by atomic mass is 10.1. The van der Waals surface area contributed by atoms with E-state index in [2.05, 4.69) is 0 Å². The molecular formula is C9H12N2O3S. The van der Waals surface area contributed by atoms with Gasteiger partial charge in [-0.1, -0.05) is 30.3 Å². The van der Waals surface area contributed by atoms with Gasteiger partial charge in [-0.25, -0.2) is 8.42 Å². The summed E-state index contributed by atoms with van der Waals surface area (Å²) >= 11 is 0. The van der Waals surface area contributed by atoms with E-state index in [1.807, 2.05) is 0 Å². The second kappa shape index (κ2) is 3.63. The summed E-state index contributed by atoms with van der Waals surface area (Å²) in [7, 11) is -3.81. The Balaban J connectivity index is 3.46. The summed E-state index contributed by atoms with van der Waals surface area (Å²) in [4.78, 5) is 9.03. The first kappa shape index (κ1) is 11.7. The molecule has 6 heteroatoms. The maximum absolute atomic E-state index is 11.5. The summed E-state index contributed by atoms with van der Waals surface area (Å²) in [5.74, 6) is -1.09. The van der Waals surface area contributed by atoms with Gasteiger partial charge in [0.2, 0.25) is 4.87 Å². The van der Waals surface area contributed by atoms with Crippen molar-refractivity contribution in [1.82, 2.24) is 0 Å². The first-order valence-corrected chi connectivity index (χ1v) is 6.03. The zero-order chi connectivity index (χ0) is 11.7. The Labute approximate surface area is 88.0 Å². The minimum absolute atomic E-state index is 0.167. The van der Waals surface area contributed by atoms with Gasteiger partial charge >= 0.3 is 0 Å². The number of primary amides is 1. The van der Waals surface area contributed by atoms with Crippen molar-refractivity contribution in [1.29, 1.82) is 0 Å². The lowest BCUT2D eigenvalue weighted by Gasteiger charge is -2.23. The highest BCUT2D eigenvalue weighted by molar-refractivity contribution is 7.92. The van der Waals surface area contributed by atoms with E-state index in [4.69, 9.17) is 11.5 Å². The molecule has 0 fully saturated rings. The number of carbonyl (C=O) groups is 1. The third-order valence-corrected chi connectivity index (χ3v) is 3.76. The Morgan fingerprint density at radius 1 is 1.27 bits per heavy atom. The molecule has 0 saturated heterocycles. The molecular weight excluding hydrogens is 216 g/mol. The number of nitrogens with two attached hydrogens (primary N) is 2. The van der Waals surface area contributed by atoms with Crippen molar-refractivity contribution in [2.45, 2.75) is 4.87 Å². The second-order valence-corrected chi connectivity index (χ2v) is 5.43. The van der Waals surface area contributed by atoms with E-state index in [1.165, 1.54) is 12.1 Å². The van der Waals surface area contributed by atoms with Crippen LogP contribution in [-0.4, -0.2) is 20.6 Å². The van der Waals surface area contributed by atoms with Gasteiger partial charge < -0.3 is 11.5 Å². The van der Waals surface area contributed by atoms with Crippen LogP contribution in [0.4, 0.5) is 0 Å². The Bertz CT molecular complexity index is 469. The van der Waals surface area contributed by atoms with Gasteiger partial charge in [0.1, 0.15) is 0 Å². The fraction of sp³-hybridized carbons (Fsp3) is 0.222. The molecule has 0 aliphatic rings. The van der Waals surface area contributed by atoms with Gasteiger partial charge in [-0.15, -0.1) is 0 Å². The molecule has 1 amide bonds. The molecule has 0 bridgehead atoms. The van der Waals surface area contributed by atoms with Crippen LogP contribution >= 0.6 is 0 Å². The van der Waals surface area contributed by atoms with Crippen LogP contribution in [0.2, 0.25) is 0 Å². The summed E-state index contributed by atoms with van der Waals surface area (Å²) in [5, 5.41) is 0. The molecule has 1 atom stereocenters. The summed E-state index contributed by atoms with van der Waals surface area (Å²) in [6.07, 6.45) is 0.880. The largest absolute Gasteiger partial charge is 0.367 e. The van der Waals surface area contributed by atoms with E-state index < -0.39 is 20.6 Å². The maximum Gasteiger partial charge on any atom is 0.257 e. The van der Waals surface area contributed by atoms with E-state index in [0.29, 0.717) is 0 Å². The molecule has 0 aromatic heterocycles. The monoisotopic (exact) mass is 228 g/mol. The predicted octanol–water partition coefficient (Wildman–Crippen LogP) is -0.672. The van der Waals surface area contributed by atoms with Gasteiger partial charge in [0.05, 0.1) is 0 Å². The van der Waals surface area contributed by atoms with Crippen molar-refractivity contribution in [2.24, 2.45) is 11.5 Å². The van der Waals surface area contributed by atoms with Crippen molar-refractivity contribution in [3.05, 3.63) is 35.9 Å². The van der Waals surface area contributed by atoms with Crippen molar-refractivity contribution in [2.75, 3.05) is 6.26 Å². The number of carbonyl (C=O) groups excluding carboxylic acids is 1. The fourth-order valence-electron chi connectivity index (χ4n) is 1.22. The number of benzene rings is 1. The first-order valence-electron chi connectivity index (χ1n) is 4.14. The zero-order valence-corrected chi connectivity index (χ0v) is 8.99. The van der Waals surface area contributed by atoms with Crippen LogP contribution in [0.5, 0.6) is 0 Å². The predicted molar refractivity (Wildman–Crippen MR) is 56.3 cm³/mol. The molecule has 0 saturated carbocycles. The first-order chi connectivity index (χ1) is 6.80. The number of rotatable bonds is 3. The van der Waals surface area contributed by atoms with Gasteiger partial charge in [0.15, 0.2) is 9.84 Å². The molecule has 0 radical (unpaired) electrons. The van der Waals surface area contributed by atoms with Crippen molar-refractivity contribution >= 4 is 15.7 Å². The standard InChI is InChI=1S/C9H12N2O3S/c1-15(13,14)9(11,8(10)12)7-5-3-2-4-6-7/h2-6H,11H2,1H3,(H2,10,12). The van der Waals surface area contributed by atoms with Crippen LogP contribution in [0.15, 0.2) is 30.3 Å². The Morgan fingerprint density at radius 3 is 2.07 bits per heavy atom. The average molecular weight is 228 g/mol. The van der Waals surface area contributed by atoms with Gasteiger partial charge in [0, 0.05) is 6.26 Å². The van der Waals surface area contributed by atoms with E-state index in [0.717, 1.165) is 6.26 Å². The molecule has 4 N–H and O–H groups in total. The van der Waals surface area contributed by atoms with E-state index in [1.54, 1.807) is 18.2 Å².